The van der Waals surface area contributed by atoms with E-state index in [1.165, 1.54) is 5.56 Å². The molecule has 182 valence electrons. The van der Waals surface area contributed by atoms with E-state index in [-0.39, 0.29) is 23.3 Å². The van der Waals surface area contributed by atoms with Crippen molar-refractivity contribution >= 4 is 23.2 Å². The van der Waals surface area contributed by atoms with Gasteiger partial charge in [-0.15, -0.1) is 11.3 Å². The predicted octanol–water partition coefficient (Wildman–Crippen LogP) is 5.61. The fourth-order valence-corrected chi connectivity index (χ4v) is 6.08. The van der Waals surface area contributed by atoms with Crippen LogP contribution in [0, 0.1) is 25.7 Å². The number of fused-ring (bicyclic) bond motifs is 1. The third-order valence-electron chi connectivity index (χ3n) is 7.27. The summed E-state index contributed by atoms with van der Waals surface area (Å²) in [4.78, 5) is 34.1. The van der Waals surface area contributed by atoms with Crippen LogP contribution in [0.25, 0.3) is 10.4 Å². The summed E-state index contributed by atoms with van der Waals surface area (Å²) in [6.45, 7) is 11.7. The summed E-state index contributed by atoms with van der Waals surface area (Å²) >= 11 is 1.57. The molecule has 2 aliphatic rings. The normalized spacial score (nSPS) is 21.1. The lowest BCUT2D eigenvalue weighted by Crippen LogP contribution is -2.45. The van der Waals surface area contributed by atoms with Gasteiger partial charge in [0.25, 0.3) is 11.8 Å². The molecule has 1 aromatic heterocycles. The Hall–Kier alpha value is -2.99. The highest BCUT2D eigenvalue weighted by atomic mass is 32.1. The van der Waals surface area contributed by atoms with Gasteiger partial charge in [0.1, 0.15) is 5.69 Å². The Morgan fingerprint density at radius 2 is 1.86 bits per heavy atom. The first-order valence-corrected chi connectivity index (χ1v) is 13.2. The van der Waals surface area contributed by atoms with Crippen molar-refractivity contribution in [3.05, 3.63) is 75.9 Å². The van der Waals surface area contributed by atoms with Crippen LogP contribution in [0.4, 0.5) is 0 Å². The van der Waals surface area contributed by atoms with Gasteiger partial charge < -0.3 is 10.2 Å². The highest BCUT2D eigenvalue weighted by Gasteiger charge is 2.54. The number of likely N-dealkylation sites (tertiary alicyclic amines) is 1. The summed E-state index contributed by atoms with van der Waals surface area (Å²) in [5, 5.41) is 3.99. The lowest BCUT2D eigenvalue weighted by Gasteiger charge is -2.27. The molecule has 0 unspecified atom stereocenters. The molecule has 5 rings (SSSR count). The number of hydrogen-bond donors (Lipinski definition) is 1. The Morgan fingerprint density at radius 1 is 1.11 bits per heavy atom. The summed E-state index contributed by atoms with van der Waals surface area (Å²) in [6.07, 6.45) is 1.13. The molecule has 2 amide bonds. The molecule has 1 saturated heterocycles. The van der Waals surface area contributed by atoms with Crippen molar-refractivity contribution < 1.29 is 9.59 Å². The maximum absolute atomic E-state index is 13.7. The van der Waals surface area contributed by atoms with Crippen LogP contribution in [0.3, 0.4) is 0 Å². The van der Waals surface area contributed by atoms with E-state index in [1.807, 2.05) is 48.2 Å². The van der Waals surface area contributed by atoms with Gasteiger partial charge in [0.05, 0.1) is 15.9 Å². The molecule has 2 fully saturated rings. The minimum Gasteiger partial charge on any atom is -0.350 e. The number of hydrogen-bond acceptors (Lipinski definition) is 4. The third kappa shape index (κ3) is 4.76. The molecule has 1 saturated carbocycles. The second-order valence-electron chi connectivity index (χ2n) is 11.0. The average molecular weight is 488 g/mol. The second kappa shape index (κ2) is 8.90. The van der Waals surface area contributed by atoms with Crippen molar-refractivity contribution in [1.82, 2.24) is 15.2 Å². The number of carbonyl (C=O) groups excluding carboxylic acids is 2. The predicted molar refractivity (Wildman–Crippen MR) is 141 cm³/mol. The number of nitrogens with zero attached hydrogens (tertiary/aromatic N) is 2. The zero-order valence-electron chi connectivity index (χ0n) is 21.1. The fraction of sp³-hybridized carbons (Fsp3) is 0.414. The summed E-state index contributed by atoms with van der Waals surface area (Å²) in [5.74, 6) is 0.887. The molecule has 2 heterocycles. The molecule has 2 aromatic carbocycles. The van der Waals surface area contributed by atoms with E-state index in [0.29, 0.717) is 29.6 Å². The molecule has 6 heteroatoms. The van der Waals surface area contributed by atoms with Crippen LogP contribution >= 0.6 is 11.3 Å². The van der Waals surface area contributed by atoms with Crippen LogP contribution < -0.4 is 5.32 Å². The van der Waals surface area contributed by atoms with Crippen molar-refractivity contribution in [2.45, 2.75) is 52.5 Å². The van der Waals surface area contributed by atoms with Crippen LogP contribution in [-0.4, -0.2) is 40.8 Å². The minimum atomic E-state index is -0.0908. The van der Waals surface area contributed by atoms with Gasteiger partial charge in [-0.3, -0.25) is 9.59 Å². The molecule has 3 aromatic rings. The van der Waals surface area contributed by atoms with Crippen molar-refractivity contribution in [2.75, 3.05) is 13.1 Å². The van der Waals surface area contributed by atoms with E-state index in [9.17, 15) is 9.59 Å². The summed E-state index contributed by atoms with van der Waals surface area (Å²) in [5.41, 5.74) is 4.63. The van der Waals surface area contributed by atoms with Gasteiger partial charge in [-0.05, 0) is 60.8 Å². The van der Waals surface area contributed by atoms with Crippen molar-refractivity contribution in [1.29, 1.82) is 0 Å². The van der Waals surface area contributed by atoms with Crippen molar-refractivity contribution in [3.63, 3.8) is 0 Å². The lowest BCUT2D eigenvalue weighted by molar-refractivity contribution is 0.0690. The monoisotopic (exact) mass is 487 g/mol. The van der Waals surface area contributed by atoms with Gasteiger partial charge in [0, 0.05) is 18.7 Å². The Morgan fingerprint density at radius 3 is 2.54 bits per heavy atom. The average Bonchev–Trinajstić information content (AvgIpc) is 3.33. The SMILES string of the molecule is Cc1cccc(-c2sc(C)nc2C(=O)N2C[C@H]3C[C@H]3[C@H]2CNC(=O)c2ccc(C(C)(C)C)cc2)c1. The van der Waals surface area contributed by atoms with E-state index < -0.39 is 0 Å². The molecule has 1 N–H and O–H groups in total. The Bertz CT molecular complexity index is 1270. The molecule has 1 aliphatic heterocycles. The summed E-state index contributed by atoms with van der Waals surface area (Å²) in [7, 11) is 0. The third-order valence-corrected chi connectivity index (χ3v) is 8.29. The minimum absolute atomic E-state index is 0.0117. The van der Waals surface area contributed by atoms with Crippen molar-refractivity contribution in [2.24, 2.45) is 11.8 Å². The number of thiazole rings is 1. The molecular formula is C29H33N3O2S. The molecule has 35 heavy (non-hydrogen) atoms. The molecule has 3 atom stereocenters. The second-order valence-corrected chi connectivity index (χ2v) is 12.2. The smallest absolute Gasteiger partial charge is 0.274 e. The molecule has 5 nitrogen and oxygen atoms in total. The number of carbonyl (C=O) groups is 2. The zero-order valence-corrected chi connectivity index (χ0v) is 21.9. The van der Waals surface area contributed by atoms with Crippen LogP contribution in [-0.2, 0) is 5.41 Å². The quantitative estimate of drug-likeness (QED) is 0.508. The molecule has 0 radical (unpaired) electrons. The van der Waals surface area contributed by atoms with Gasteiger partial charge in [-0.1, -0.05) is 62.7 Å². The van der Waals surface area contributed by atoms with Crippen LogP contribution in [0.1, 0.15) is 64.2 Å². The fourth-order valence-electron chi connectivity index (χ4n) is 5.18. The summed E-state index contributed by atoms with van der Waals surface area (Å²) < 4.78 is 0. The topological polar surface area (TPSA) is 62.3 Å². The van der Waals surface area contributed by atoms with Gasteiger partial charge in [-0.2, -0.15) is 0 Å². The first-order chi connectivity index (χ1) is 16.6. The standard InChI is InChI=1S/C29H33N3O2S/c1-17-7-6-8-20(13-17)26-25(31-18(2)35-26)28(34)32-16-21-14-23(21)24(32)15-30-27(33)19-9-11-22(12-10-19)29(3,4)5/h6-13,21,23-24H,14-16H2,1-5H3,(H,30,33)/t21-,23-,24-/m1/s1. The number of aromatic nitrogens is 1. The van der Waals surface area contributed by atoms with Gasteiger partial charge >= 0.3 is 0 Å². The largest absolute Gasteiger partial charge is 0.350 e. The Kier molecular flexibility index (Phi) is 6.04. The molecule has 0 spiro atoms. The Labute approximate surface area is 211 Å². The molecule has 0 bridgehead atoms. The van der Waals surface area contributed by atoms with Gasteiger partial charge in [-0.25, -0.2) is 4.98 Å². The number of piperidine rings is 1. The maximum atomic E-state index is 13.7. The van der Waals surface area contributed by atoms with E-state index >= 15 is 0 Å². The number of rotatable bonds is 5. The number of nitrogens with one attached hydrogen (secondary N) is 1. The molecular weight excluding hydrogens is 454 g/mol. The first-order valence-electron chi connectivity index (χ1n) is 12.4. The summed E-state index contributed by atoms with van der Waals surface area (Å²) in [6, 6.07) is 16.1. The number of amides is 2. The maximum Gasteiger partial charge on any atom is 0.274 e. The molecule has 1 aliphatic carbocycles. The van der Waals surface area contributed by atoms with E-state index in [4.69, 9.17) is 0 Å². The van der Waals surface area contributed by atoms with Crippen LogP contribution in [0.5, 0.6) is 0 Å². The highest BCUT2D eigenvalue weighted by Crippen LogP contribution is 2.50. The van der Waals surface area contributed by atoms with E-state index in [1.54, 1.807) is 11.3 Å². The van der Waals surface area contributed by atoms with E-state index in [2.05, 4.69) is 50.1 Å². The number of aryl methyl sites for hydroxylation is 2. The highest BCUT2D eigenvalue weighted by molar-refractivity contribution is 7.15. The first kappa shape index (κ1) is 23.7. The van der Waals surface area contributed by atoms with Gasteiger partial charge in [0.2, 0.25) is 0 Å². The lowest BCUT2D eigenvalue weighted by atomic mass is 9.87. The van der Waals surface area contributed by atoms with E-state index in [0.717, 1.165) is 34.0 Å². The Balaban J connectivity index is 1.31. The van der Waals surface area contributed by atoms with Crippen molar-refractivity contribution in [3.8, 4) is 10.4 Å². The van der Waals surface area contributed by atoms with Crippen LogP contribution in [0.2, 0.25) is 0 Å². The van der Waals surface area contributed by atoms with Gasteiger partial charge in [0.15, 0.2) is 0 Å². The number of benzene rings is 2. The zero-order chi connectivity index (χ0) is 24.9. The van der Waals surface area contributed by atoms with Crippen LogP contribution in [0.15, 0.2) is 48.5 Å².